The van der Waals surface area contributed by atoms with Crippen LogP contribution >= 0.6 is 0 Å². The van der Waals surface area contributed by atoms with Crippen LogP contribution in [0.5, 0.6) is 0 Å². The molecule has 3 fully saturated rings. The van der Waals surface area contributed by atoms with E-state index in [1.54, 1.807) is 0 Å². The van der Waals surface area contributed by atoms with Crippen molar-refractivity contribution in [2.75, 3.05) is 29.9 Å². The lowest BCUT2D eigenvalue weighted by Crippen LogP contribution is -2.32. The van der Waals surface area contributed by atoms with E-state index in [1.807, 2.05) is 41.3 Å². The fraction of sp³-hybridized carbons (Fsp3) is 0.440. The van der Waals surface area contributed by atoms with Gasteiger partial charge in [-0.15, -0.1) is 0 Å². The van der Waals surface area contributed by atoms with E-state index in [0.717, 1.165) is 75.1 Å². The van der Waals surface area contributed by atoms with E-state index in [4.69, 9.17) is 0 Å². The molecule has 5 heteroatoms. The first-order valence-electron chi connectivity index (χ1n) is 11.3. The van der Waals surface area contributed by atoms with Gasteiger partial charge in [0.25, 0.3) is 5.91 Å². The van der Waals surface area contributed by atoms with Crippen molar-refractivity contribution in [3.05, 3.63) is 59.7 Å². The molecular formula is C25H29N3O2. The lowest BCUT2D eigenvalue weighted by molar-refractivity contribution is -0.117. The van der Waals surface area contributed by atoms with Crippen LogP contribution in [0.15, 0.2) is 48.5 Å². The third-order valence-corrected chi connectivity index (χ3v) is 6.59. The van der Waals surface area contributed by atoms with Crippen LogP contribution in [0.1, 0.15) is 60.5 Å². The van der Waals surface area contributed by atoms with Gasteiger partial charge in [0, 0.05) is 31.2 Å². The van der Waals surface area contributed by atoms with Crippen molar-refractivity contribution >= 4 is 23.2 Å². The summed E-state index contributed by atoms with van der Waals surface area (Å²) in [7, 11) is 0. The smallest absolute Gasteiger partial charge is 0.256 e. The van der Waals surface area contributed by atoms with Crippen LogP contribution in [0.3, 0.4) is 0 Å². The molecule has 2 saturated heterocycles. The third kappa shape index (κ3) is 3.81. The molecule has 30 heavy (non-hydrogen) atoms. The molecule has 0 bridgehead atoms. The first kappa shape index (κ1) is 19.2. The van der Waals surface area contributed by atoms with Crippen molar-refractivity contribution < 1.29 is 9.59 Å². The molecule has 1 atom stereocenters. The van der Waals surface area contributed by atoms with Crippen LogP contribution in [-0.2, 0) is 4.79 Å². The highest BCUT2D eigenvalue weighted by molar-refractivity contribution is 6.02. The standard InChI is InChI=1S/C25H29N3O2/c29-24(19-10-11-19)26-20-12-13-21(23(17-20)27-14-4-5-15-27)25(30)28-16-6-9-22(28)18-7-2-1-3-8-18/h1-3,7-8,12-13,17,19,22H,4-6,9-11,14-16H2,(H,26,29). The number of carbonyl (C=O) groups is 2. The van der Waals surface area contributed by atoms with E-state index in [0.29, 0.717) is 0 Å². The molecule has 5 nitrogen and oxygen atoms in total. The lowest BCUT2D eigenvalue weighted by atomic mass is 10.0. The molecule has 2 aliphatic heterocycles. The van der Waals surface area contributed by atoms with Crippen LogP contribution < -0.4 is 10.2 Å². The van der Waals surface area contributed by atoms with E-state index < -0.39 is 0 Å². The maximum atomic E-state index is 13.7. The number of nitrogens with zero attached hydrogens (tertiary/aromatic N) is 2. The molecule has 0 aromatic heterocycles. The van der Waals surface area contributed by atoms with Gasteiger partial charge in [0.05, 0.1) is 17.3 Å². The highest BCUT2D eigenvalue weighted by Crippen LogP contribution is 2.37. The molecule has 2 aromatic carbocycles. The van der Waals surface area contributed by atoms with Crippen LogP contribution in [-0.4, -0.2) is 36.3 Å². The van der Waals surface area contributed by atoms with Crippen LogP contribution in [0.25, 0.3) is 0 Å². The Kier molecular flexibility index (Phi) is 5.19. The van der Waals surface area contributed by atoms with Gasteiger partial charge in [-0.05, 0) is 62.3 Å². The van der Waals surface area contributed by atoms with Crippen LogP contribution in [0, 0.1) is 5.92 Å². The van der Waals surface area contributed by atoms with Gasteiger partial charge in [0.1, 0.15) is 0 Å². The largest absolute Gasteiger partial charge is 0.371 e. The Bertz CT molecular complexity index is 933. The van der Waals surface area contributed by atoms with E-state index in [9.17, 15) is 9.59 Å². The average Bonchev–Trinajstić information content (AvgIpc) is 3.27. The number of rotatable bonds is 5. The number of amides is 2. The zero-order chi connectivity index (χ0) is 20.5. The van der Waals surface area contributed by atoms with Gasteiger partial charge in [-0.2, -0.15) is 0 Å². The highest BCUT2D eigenvalue weighted by Gasteiger charge is 2.33. The Balaban J connectivity index is 1.44. The summed E-state index contributed by atoms with van der Waals surface area (Å²) >= 11 is 0. The summed E-state index contributed by atoms with van der Waals surface area (Å²) in [6, 6.07) is 16.3. The van der Waals surface area contributed by atoms with E-state index >= 15 is 0 Å². The fourth-order valence-electron chi connectivity index (χ4n) is 4.79. The summed E-state index contributed by atoms with van der Waals surface area (Å²) in [6.07, 6.45) is 6.28. The minimum Gasteiger partial charge on any atom is -0.371 e. The maximum Gasteiger partial charge on any atom is 0.256 e. The molecule has 1 unspecified atom stereocenters. The molecular weight excluding hydrogens is 374 g/mol. The van der Waals surface area contributed by atoms with Crippen molar-refractivity contribution in [1.82, 2.24) is 4.90 Å². The molecule has 2 heterocycles. The molecule has 2 aromatic rings. The topological polar surface area (TPSA) is 52.7 Å². The van der Waals surface area contributed by atoms with Crippen molar-refractivity contribution in [3.63, 3.8) is 0 Å². The second-order valence-corrected chi connectivity index (χ2v) is 8.76. The summed E-state index contributed by atoms with van der Waals surface area (Å²) in [5.74, 6) is 0.367. The summed E-state index contributed by atoms with van der Waals surface area (Å²) in [5, 5.41) is 3.05. The van der Waals surface area contributed by atoms with E-state index in [2.05, 4.69) is 22.3 Å². The van der Waals surface area contributed by atoms with Gasteiger partial charge < -0.3 is 15.1 Å². The second-order valence-electron chi connectivity index (χ2n) is 8.76. The highest BCUT2D eigenvalue weighted by atomic mass is 16.2. The number of carbonyl (C=O) groups excluding carboxylic acids is 2. The van der Waals surface area contributed by atoms with Gasteiger partial charge in [0.15, 0.2) is 0 Å². The predicted octanol–water partition coefficient (Wildman–Crippen LogP) is 4.61. The quantitative estimate of drug-likeness (QED) is 0.793. The minimum atomic E-state index is 0.100. The van der Waals surface area contributed by atoms with E-state index in [-0.39, 0.29) is 23.8 Å². The lowest BCUT2D eigenvalue weighted by Gasteiger charge is -2.28. The predicted molar refractivity (Wildman–Crippen MR) is 119 cm³/mol. The van der Waals surface area contributed by atoms with E-state index in [1.165, 1.54) is 5.56 Å². The summed E-state index contributed by atoms with van der Waals surface area (Å²) in [6.45, 7) is 2.71. The number of hydrogen-bond donors (Lipinski definition) is 1. The number of nitrogens with one attached hydrogen (secondary N) is 1. The molecule has 156 valence electrons. The Morgan fingerprint density at radius 2 is 1.63 bits per heavy atom. The van der Waals surface area contributed by atoms with Crippen molar-refractivity contribution in [2.45, 2.75) is 44.6 Å². The number of benzene rings is 2. The molecule has 1 aliphatic carbocycles. The van der Waals surface area contributed by atoms with Gasteiger partial charge in [-0.25, -0.2) is 0 Å². The summed E-state index contributed by atoms with van der Waals surface area (Å²) < 4.78 is 0. The monoisotopic (exact) mass is 403 g/mol. The molecule has 1 saturated carbocycles. The van der Waals surface area contributed by atoms with Crippen molar-refractivity contribution in [3.8, 4) is 0 Å². The Morgan fingerprint density at radius 1 is 0.867 bits per heavy atom. The first-order valence-corrected chi connectivity index (χ1v) is 11.3. The van der Waals surface area contributed by atoms with Crippen LogP contribution in [0.4, 0.5) is 11.4 Å². The van der Waals surface area contributed by atoms with Crippen molar-refractivity contribution in [1.29, 1.82) is 0 Å². The maximum absolute atomic E-state index is 13.7. The van der Waals surface area contributed by atoms with Gasteiger partial charge in [0.2, 0.25) is 5.91 Å². The Labute approximate surface area is 178 Å². The van der Waals surface area contributed by atoms with Gasteiger partial charge in [-0.3, -0.25) is 9.59 Å². The third-order valence-electron chi connectivity index (χ3n) is 6.59. The molecule has 0 spiro atoms. The zero-order valence-electron chi connectivity index (χ0n) is 17.3. The minimum absolute atomic E-state index is 0.100. The SMILES string of the molecule is O=C(Nc1ccc(C(=O)N2CCCC2c2ccccc2)c(N2CCCC2)c1)C1CC1. The Morgan fingerprint density at radius 3 is 2.37 bits per heavy atom. The molecule has 3 aliphatic rings. The number of likely N-dealkylation sites (tertiary alicyclic amines) is 1. The average molecular weight is 404 g/mol. The van der Waals surface area contributed by atoms with Crippen molar-refractivity contribution in [2.24, 2.45) is 5.92 Å². The Hall–Kier alpha value is -2.82. The molecule has 0 radical (unpaired) electrons. The van der Waals surface area contributed by atoms with Crippen LogP contribution in [0.2, 0.25) is 0 Å². The zero-order valence-corrected chi connectivity index (χ0v) is 17.3. The van der Waals surface area contributed by atoms with Gasteiger partial charge in [-0.1, -0.05) is 30.3 Å². The molecule has 2 amide bonds. The normalized spacial score (nSPS) is 21.1. The fourth-order valence-corrected chi connectivity index (χ4v) is 4.79. The summed E-state index contributed by atoms with van der Waals surface area (Å²) in [5.41, 5.74) is 3.72. The number of hydrogen-bond acceptors (Lipinski definition) is 3. The summed E-state index contributed by atoms with van der Waals surface area (Å²) in [4.78, 5) is 30.2. The first-order chi connectivity index (χ1) is 14.7. The number of anilines is 2. The molecule has 5 rings (SSSR count). The van der Waals surface area contributed by atoms with Gasteiger partial charge >= 0.3 is 0 Å². The second kappa shape index (κ2) is 8.13. The molecule has 1 N–H and O–H groups in total.